The summed E-state index contributed by atoms with van der Waals surface area (Å²) in [6, 6.07) is 11.7. The number of likely N-dealkylation sites (tertiary alicyclic amines) is 1. The first kappa shape index (κ1) is 24.3. The number of methoxy groups -OCH3 is 2. The zero-order chi connectivity index (χ0) is 24.1. The van der Waals surface area contributed by atoms with E-state index in [4.69, 9.17) is 9.47 Å². The van der Waals surface area contributed by atoms with E-state index in [2.05, 4.69) is 18.7 Å². The Morgan fingerprint density at radius 3 is 2.30 bits per heavy atom. The molecule has 1 N–H and O–H groups in total. The van der Waals surface area contributed by atoms with E-state index in [0.717, 1.165) is 18.7 Å². The SMILES string of the molecule is CCN(CC)CCN1C(=O)C(=O)/C(=C(/O)c2ccc(OC)c(C)c2)[C@H]1c1ccccc1OC. The largest absolute Gasteiger partial charge is 0.507 e. The zero-order valence-corrected chi connectivity index (χ0v) is 19.9. The van der Waals surface area contributed by atoms with Crippen LogP contribution in [0.15, 0.2) is 48.0 Å². The second-order valence-electron chi connectivity index (χ2n) is 7.95. The van der Waals surface area contributed by atoms with Crippen LogP contribution in [0.5, 0.6) is 11.5 Å². The molecule has 0 bridgehead atoms. The van der Waals surface area contributed by atoms with Crippen LogP contribution in [0.25, 0.3) is 5.76 Å². The Kier molecular flexibility index (Phi) is 7.76. The van der Waals surface area contributed by atoms with Crippen LogP contribution < -0.4 is 9.47 Å². The lowest BCUT2D eigenvalue weighted by Gasteiger charge is -2.29. The molecule has 2 aromatic carbocycles. The minimum absolute atomic E-state index is 0.0635. The maximum absolute atomic E-state index is 13.2. The third-order valence-electron chi connectivity index (χ3n) is 6.19. The van der Waals surface area contributed by atoms with Gasteiger partial charge in [0.2, 0.25) is 0 Å². The number of rotatable bonds is 9. The molecule has 176 valence electrons. The van der Waals surface area contributed by atoms with Gasteiger partial charge < -0.3 is 24.4 Å². The fourth-order valence-corrected chi connectivity index (χ4v) is 4.30. The number of benzene rings is 2. The molecule has 0 aliphatic carbocycles. The summed E-state index contributed by atoms with van der Waals surface area (Å²) in [5.41, 5.74) is 1.99. The van der Waals surface area contributed by atoms with E-state index in [-0.39, 0.29) is 11.3 Å². The van der Waals surface area contributed by atoms with Crippen LogP contribution in [-0.4, -0.2) is 67.0 Å². The fraction of sp³-hybridized carbons (Fsp3) is 0.385. The lowest BCUT2D eigenvalue weighted by atomic mass is 9.94. The standard InChI is InChI=1S/C26H32N2O5/c1-6-27(7-2)14-15-28-23(19-10-8-9-11-21(19)33-5)22(25(30)26(28)31)24(29)18-12-13-20(32-4)17(3)16-18/h8-13,16,23,29H,6-7,14-15H2,1-5H3/b24-22+/t23-/m1/s1. The number of hydrogen-bond acceptors (Lipinski definition) is 6. The summed E-state index contributed by atoms with van der Waals surface area (Å²) in [6.07, 6.45) is 0. The highest BCUT2D eigenvalue weighted by Gasteiger charge is 2.46. The molecule has 0 radical (unpaired) electrons. The molecule has 1 heterocycles. The van der Waals surface area contributed by atoms with Crippen LogP contribution in [0.4, 0.5) is 0 Å². The zero-order valence-electron chi connectivity index (χ0n) is 19.9. The predicted octanol–water partition coefficient (Wildman–Crippen LogP) is 3.78. The van der Waals surface area contributed by atoms with E-state index in [0.29, 0.717) is 35.7 Å². The molecular formula is C26H32N2O5. The van der Waals surface area contributed by atoms with E-state index in [1.54, 1.807) is 43.4 Å². The van der Waals surface area contributed by atoms with Gasteiger partial charge in [-0.15, -0.1) is 0 Å². The number of ether oxygens (including phenoxy) is 2. The number of carbonyl (C=O) groups excluding carboxylic acids is 2. The molecule has 1 aliphatic heterocycles. The number of ketones is 1. The molecule has 33 heavy (non-hydrogen) atoms. The number of amides is 1. The van der Waals surface area contributed by atoms with Crippen LogP contribution in [0.3, 0.4) is 0 Å². The summed E-state index contributed by atoms with van der Waals surface area (Å²) in [7, 11) is 3.12. The Labute approximate surface area is 195 Å². The normalized spacial score (nSPS) is 17.6. The van der Waals surface area contributed by atoms with E-state index in [9.17, 15) is 14.7 Å². The summed E-state index contributed by atoms with van der Waals surface area (Å²) in [6.45, 7) is 8.62. The lowest BCUT2D eigenvalue weighted by molar-refractivity contribution is -0.140. The minimum Gasteiger partial charge on any atom is -0.507 e. The Hall–Kier alpha value is -3.32. The van der Waals surface area contributed by atoms with Crippen molar-refractivity contribution in [3.05, 3.63) is 64.7 Å². The second-order valence-corrected chi connectivity index (χ2v) is 7.95. The number of likely N-dealkylation sites (N-methyl/N-ethyl adjacent to an activating group) is 1. The third-order valence-corrected chi connectivity index (χ3v) is 6.19. The smallest absolute Gasteiger partial charge is 0.295 e. The van der Waals surface area contributed by atoms with Crippen molar-refractivity contribution < 1.29 is 24.2 Å². The first-order valence-corrected chi connectivity index (χ1v) is 11.2. The van der Waals surface area contributed by atoms with Gasteiger partial charge in [-0.1, -0.05) is 32.0 Å². The first-order valence-electron chi connectivity index (χ1n) is 11.2. The van der Waals surface area contributed by atoms with Gasteiger partial charge in [0.15, 0.2) is 0 Å². The summed E-state index contributed by atoms with van der Waals surface area (Å²) < 4.78 is 10.9. The first-order chi connectivity index (χ1) is 15.9. The van der Waals surface area contributed by atoms with E-state index < -0.39 is 17.7 Å². The predicted molar refractivity (Wildman–Crippen MR) is 128 cm³/mol. The van der Waals surface area contributed by atoms with Crippen molar-refractivity contribution in [2.45, 2.75) is 26.8 Å². The molecule has 7 heteroatoms. The van der Waals surface area contributed by atoms with Crippen LogP contribution in [0, 0.1) is 6.92 Å². The Morgan fingerprint density at radius 1 is 1.03 bits per heavy atom. The Balaban J connectivity index is 2.16. The average Bonchev–Trinajstić information content (AvgIpc) is 3.08. The molecular weight excluding hydrogens is 420 g/mol. The lowest BCUT2D eigenvalue weighted by Crippen LogP contribution is -2.38. The topological polar surface area (TPSA) is 79.3 Å². The summed E-state index contributed by atoms with van der Waals surface area (Å²) in [5.74, 6) is -0.303. The molecule has 7 nitrogen and oxygen atoms in total. The number of para-hydroxylation sites is 1. The van der Waals surface area contributed by atoms with Crippen LogP contribution in [0.1, 0.15) is 36.6 Å². The van der Waals surface area contributed by atoms with Crippen LogP contribution >= 0.6 is 0 Å². The summed E-state index contributed by atoms with van der Waals surface area (Å²) in [4.78, 5) is 30.1. The molecule has 3 rings (SSSR count). The van der Waals surface area contributed by atoms with Crippen molar-refractivity contribution in [2.75, 3.05) is 40.4 Å². The van der Waals surface area contributed by atoms with Crippen molar-refractivity contribution in [3.63, 3.8) is 0 Å². The van der Waals surface area contributed by atoms with Gasteiger partial charge >= 0.3 is 0 Å². The van der Waals surface area contributed by atoms with Gasteiger partial charge in [-0.25, -0.2) is 0 Å². The number of aliphatic hydroxyl groups is 1. The quantitative estimate of drug-likeness (QED) is 0.354. The van der Waals surface area contributed by atoms with Gasteiger partial charge in [0, 0.05) is 24.2 Å². The molecule has 0 aromatic heterocycles. The van der Waals surface area contributed by atoms with Crippen molar-refractivity contribution in [1.82, 2.24) is 9.80 Å². The van der Waals surface area contributed by atoms with Gasteiger partial charge in [-0.2, -0.15) is 0 Å². The average molecular weight is 453 g/mol. The van der Waals surface area contributed by atoms with E-state index in [1.165, 1.54) is 0 Å². The fourth-order valence-electron chi connectivity index (χ4n) is 4.30. The molecule has 1 atom stereocenters. The molecule has 0 unspecified atom stereocenters. The number of carbonyl (C=O) groups is 2. The monoisotopic (exact) mass is 452 g/mol. The number of nitrogens with zero attached hydrogens (tertiary/aromatic N) is 2. The van der Waals surface area contributed by atoms with Gasteiger partial charge in [0.25, 0.3) is 11.7 Å². The van der Waals surface area contributed by atoms with Gasteiger partial charge in [0.1, 0.15) is 17.3 Å². The molecule has 1 amide bonds. The molecule has 2 aromatic rings. The van der Waals surface area contributed by atoms with Crippen molar-refractivity contribution >= 4 is 17.4 Å². The molecule has 1 aliphatic rings. The van der Waals surface area contributed by atoms with Gasteiger partial charge in [-0.05, 0) is 49.8 Å². The second kappa shape index (κ2) is 10.5. The molecule has 0 spiro atoms. The van der Waals surface area contributed by atoms with Crippen molar-refractivity contribution in [2.24, 2.45) is 0 Å². The van der Waals surface area contributed by atoms with E-state index >= 15 is 0 Å². The van der Waals surface area contributed by atoms with Crippen molar-refractivity contribution in [1.29, 1.82) is 0 Å². The molecule has 1 fully saturated rings. The number of aliphatic hydroxyl groups excluding tert-OH is 1. The van der Waals surface area contributed by atoms with Gasteiger partial charge in [-0.3, -0.25) is 9.59 Å². The maximum Gasteiger partial charge on any atom is 0.295 e. The Morgan fingerprint density at radius 2 is 1.70 bits per heavy atom. The Bertz CT molecular complexity index is 1060. The molecule has 0 saturated carbocycles. The highest BCUT2D eigenvalue weighted by molar-refractivity contribution is 6.46. The van der Waals surface area contributed by atoms with Crippen molar-refractivity contribution in [3.8, 4) is 11.5 Å². The van der Waals surface area contributed by atoms with E-state index in [1.807, 2.05) is 25.1 Å². The van der Waals surface area contributed by atoms with Gasteiger partial charge in [0.05, 0.1) is 25.8 Å². The molecule has 1 saturated heterocycles. The van der Waals surface area contributed by atoms with Crippen LogP contribution in [0.2, 0.25) is 0 Å². The number of hydrogen-bond donors (Lipinski definition) is 1. The number of aryl methyl sites for hydroxylation is 1. The van der Waals surface area contributed by atoms with Crippen LogP contribution in [-0.2, 0) is 9.59 Å². The summed E-state index contributed by atoms with van der Waals surface area (Å²) >= 11 is 0. The third kappa shape index (κ3) is 4.73. The number of Topliss-reactive ketones (excluding diaryl/α,β-unsaturated/α-hetero) is 1. The highest BCUT2D eigenvalue weighted by atomic mass is 16.5. The summed E-state index contributed by atoms with van der Waals surface area (Å²) in [5, 5.41) is 11.3. The maximum atomic E-state index is 13.2. The minimum atomic E-state index is -0.751. The highest BCUT2D eigenvalue weighted by Crippen LogP contribution is 2.42.